The summed E-state index contributed by atoms with van der Waals surface area (Å²) in [6.07, 6.45) is 0. The van der Waals surface area contributed by atoms with Gasteiger partial charge in [0.2, 0.25) is 0 Å². The first-order valence-corrected chi connectivity index (χ1v) is 9.19. The molecule has 2 aromatic rings. The van der Waals surface area contributed by atoms with Crippen LogP contribution in [0.15, 0.2) is 53.5 Å². The zero-order valence-corrected chi connectivity index (χ0v) is 19.1. The summed E-state index contributed by atoms with van der Waals surface area (Å²) in [6.45, 7) is 4.23. The molecular weight excluding hydrogens is 491 g/mol. The van der Waals surface area contributed by atoms with Gasteiger partial charge in [-0.3, -0.25) is 9.79 Å². The van der Waals surface area contributed by atoms with E-state index in [1.165, 1.54) is 12.1 Å². The van der Waals surface area contributed by atoms with E-state index >= 15 is 0 Å². The second kappa shape index (κ2) is 12.5. The molecule has 1 amide bonds. The largest absolute Gasteiger partial charge is 0.508 e. The van der Waals surface area contributed by atoms with Gasteiger partial charge in [-0.2, -0.15) is 0 Å². The van der Waals surface area contributed by atoms with Gasteiger partial charge in [0, 0.05) is 37.3 Å². The van der Waals surface area contributed by atoms with Crippen LogP contribution in [0.1, 0.15) is 22.8 Å². The highest BCUT2D eigenvalue weighted by atomic mass is 127. The van der Waals surface area contributed by atoms with E-state index in [2.05, 4.69) is 15.6 Å². The predicted molar refractivity (Wildman–Crippen MR) is 125 cm³/mol. The summed E-state index contributed by atoms with van der Waals surface area (Å²) in [4.78, 5) is 18.6. The average Bonchev–Trinajstić information content (AvgIpc) is 2.66. The molecule has 28 heavy (non-hydrogen) atoms. The Morgan fingerprint density at radius 1 is 1.14 bits per heavy atom. The number of aromatic hydroxyl groups is 1. The maximum absolute atomic E-state index is 12.1. The van der Waals surface area contributed by atoms with Gasteiger partial charge in [0.1, 0.15) is 5.75 Å². The molecule has 6 nitrogen and oxygen atoms in total. The number of amides is 1. The molecule has 0 spiro atoms. The smallest absolute Gasteiger partial charge is 0.251 e. The monoisotopic (exact) mass is 516 g/mol. The highest BCUT2D eigenvalue weighted by Gasteiger charge is 2.09. The summed E-state index contributed by atoms with van der Waals surface area (Å²) in [5.74, 6) is 0.684. The minimum Gasteiger partial charge on any atom is -0.508 e. The Kier molecular flexibility index (Phi) is 10.7. The first kappa shape index (κ1) is 24.0. The molecule has 0 bridgehead atoms. The van der Waals surface area contributed by atoms with Crippen LogP contribution in [-0.2, 0) is 6.54 Å². The lowest BCUT2D eigenvalue weighted by atomic mass is 10.2. The first-order chi connectivity index (χ1) is 13.0. The van der Waals surface area contributed by atoms with E-state index in [0.29, 0.717) is 25.2 Å². The van der Waals surface area contributed by atoms with Gasteiger partial charge in [0.25, 0.3) is 5.91 Å². The lowest BCUT2D eigenvalue weighted by molar-refractivity contribution is 0.0955. The van der Waals surface area contributed by atoms with Crippen molar-refractivity contribution in [3.63, 3.8) is 0 Å². The van der Waals surface area contributed by atoms with Crippen LogP contribution >= 0.6 is 35.6 Å². The molecule has 0 saturated carbocycles. The maximum Gasteiger partial charge on any atom is 0.251 e. The summed E-state index contributed by atoms with van der Waals surface area (Å²) >= 11 is 6.23. The molecule has 0 atom stereocenters. The van der Waals surface area contributed by atoms with Crippen LogP contribution in [0, 0.1) is 0 Å². The van der Waals surface area contributed by atoms with E-state index in [1.54, 1.807) is 12.1 Å². The van der Waals surface area contributed by atoms with E-state index in [1.807, 2.05) is 43.1 Å². The summed E-state index contributed by atoms with van der Waals surface area (Å²) in [6, 6.07) is 13.8. The summed E-state index contributed by atoms with van der Waals surface area (Å²) < 4.78 is 0. The summed E-state index contributed by atoms with van der Waals surface area (Å²) in [5.41, 5.74) is 1.52. The van der Waals surface area contributed by atoms with Crippen molar-refractivity contribution in [1.29, 1.82) is 0 Å². The lowest BCUT2D eigenvalue weighted by Gasteiger charge is -2.22. The maximum atomic E-state index is 12.1. The predicted octanol–water partition coefficient (Wildman–Crippen LogP) is 3.49. The van der Waals surface area contributed by atoms with E-state index in [0.717, 1.165) is 23.1 Å². The van der Waals surface area contributed by atoms with Crippen LogP contribution in [0.3, 0.4) is 0 Å². The van der Waals surface area contributed by atoms with Crippen molar-refractivity contribution in [1.82, 2.24) is 15.5 Å². The first-order valence-electron chi connectivity index (χ1n) is 8.81. The molecule has 0 saturated heterocycles. The highest BCUT2D eigenvalue weighted by Crippen LogP contribution is 2.16. The molecular formula is C20H26ClIN4O2. The van der Waals surface area contributed by atoms with Gasteiger partial charge in [-0.05, 0) is 42.8 Å². The number of aliphatic imine (C=N–C) groups is 1. The van der Waals surface area contributed by atoms with Crippen LogP contribution < -0.4 is 10.6 Å². The normalized spacial score (nSPS) is 10.8. The number of hydrogen-bond donors (Lipinski definition) is 3. The van der Waals surface area contributed by atoms with Crippen molar-refractivity contribution >= 4 is 47.4 Å². The highest BCUT2D eigenvalue weighted by molar-refractivity contribution is 14.0. The number of guanidine groups is 1. The number of hydrogen-bond acceptors (Lipinski definition) is 3. The standard InChI is InChI=1S/C20H25ClN4O2.HI/c1-3-22-20(25(2)14-16-6-4-5-7-18(16)21)24-13-12-23-19(27)15-8-10-17(26)11-9-15;/h4-11,26H,3,12-14H2,1-2H3,(H,22,24)(H,23,27);1H. The minimum absolute atomic E-state index is 0. The van der Waals surface area contributed by atoms with Gasteiger partial charge in [0.15, 0.2) is 5.96 Å². The molecule has 0 aliphatic rings. The fourth-order valence-electron chi connectivity index (χ4n) is 2.47. The van der Waals surface area contributed by atoms with Crippen molar-refractivity contribution < 1.29 is 9.90 Å². The molecule has 0 unspecified atom stereocenters. The quantitative estimate of drug-likeness (QED) is 0.228. The van der Waals surface area contributed by atoms with Crippen LogP contribution in [0.5, 0.6) is 5.75 Å². The zero-order valence-electron chi connectivity index (χ0n) is 16.0. The van der Waals surface area contributed by atoms with Crippen LogP contribution in [0.2, 0.25) is 5.02 Å². The molecule has 3 N–H and O–H groups in total. The minimum atomic E-state index is -0.195. The van der Waals surface area contributed by atoms with Crippen molar-refractivity contribution in [2.24, 2.45) is 4.99 Å². The van der Waals surface area contributed by atoms with Gasteiger partial charge < -0.3 is 20.6 Å². The fourth-order valence-corrected chi connectivity index (χ4v) is 2.67. The second-order valence-electron chi connectivity index (χ2n) is 5.99. The van der Waals surface area contributed by atoms with Gasteiger partial charge in [-0.1, -0.05) is 29.8 Å². The molecule has 2 aromatic carbocycles. The molecule has 0 aliphatic carbocycles. The van der Waals surface area contributed by atoms with Crippen LogP contribution in [-0.4, -0.2) is 48.6 Å². The van der Waals surface area contributed by atoms with Crippen LogP contribution in [0.4, 0.5) is 0 Å². The molecule has 0 fully saturated rings. The zero-order chi connectivity index (χ0) is 19.6. The molecule has 0 aromatic heterocycles. The van der Waals surface area contributed by atoms with Crippen molar-refractivity contribution in [2.45, 2.75) is 13.5 Å². The number of phenols is 1. The van der Waals surface area contributed by atoms with Crippen molar-refractivity contribution in [3.8, 4) is 5.75 Å². The number of halogens is 2. The summed E-state index contributed by atoms with van der Waals surface area (Å²) in [5, 5.41) is 16.1. The Balaban J connectivity index is 0.00000392. The van der Waals surface area contributed by atoms with Gasteiger partial charge >= 0.3 is 0 Å². The molecule has 0 heterocycles. The molecule has 8 heteroatoms. The van der Waals surface area contributed by atoms with Gasteiger partial charge in [-0.25, -0.2) is 0 Å². The van der Waals surface area contributed by atoms with E-state index in [-0.39, 0.29) is 35.6 Å². The van der Waals surface area contributed by atoms with E-state index < -0.39 is 0 Å². The van der Waals surface area contributed by atoms with Crippen molar-refractivity contribution in [2.75, 3.05) is 26.7 Å². The number of carbonyl (C=O) groups is 1. The number of nitrogens with one attached hydrogen (secondary N) is 2. The third-order valence-electron chi connectivity index (χ3n) is 3.85. The van der Waals surface area contributed by atoms with Crippen LogP contribution in [0.25, 0.3) is 0 Å². The molecule has 152 valence electrons. The second-order valence-corrected chi connectivity index (χ2v) is 6.39. The number of rotatable bonds is 7. The molecule has 0 aliphatic heterocycles. The Morgan fingerprint density at radius 2 is 1.82 bits per heavy atom. The Labute approximate surface area is 188 Å². The molecule has 2 rings (SSSR count). The lowest BCUT2D eigenvalue weighted by Crippen LogP contribution is -2.39. The van der Waals surface area contributed by atoms with Gasteiger partial charge in [-0.15, -0.1) is 24.0 Å². The number of benzene rings is 2. The number of phenolic OH excluding ortho intramolecular Hbond substituents is 1. The number of carbonyl (C=O) groups excluding carboxylic acids is 1. The Hall–Kier alpha value is -2.00. The Morgan fingerprint density at radius 3 is 2.46 bits per heavy atom. The van der Waals surface area contributed by atoms with E-state index in [4.69, 9.17) is 11.6 Å². The van der Waals surface area contributed by atoms with Gasteiger partial charge in [0.05, 0.1) is 6.54 Å². The fraction of sp³-hybridized carbons (Fsp3) is 0.300. The van der Waals surface area contributed by atoms with E-state index in [9.17, 15) is 9.90 Å². The average molecular weight is 517 g/mol. The third-order valence-corrected chi connectivity index (χ3v) is 4.22. The molecule has 0 radical (unpaired) electrons. The van der Waals surface area contributed by atoms with Crippen molar-refractivity contribution in [3.05, 3.63) is 64.7 Å². The third kappa shape index (κ3) is 7.55. The summed E-state index contributed by atoms with van der Waals surface area (Å²) in [7, 11) is 1.94. The SMILES string of the molecule is CCNC(=NCCNC(=O)c1ccc(O)cc1)N(C)Cc1ccccc1Cl.I. The Bertz CT molecular complexity index is 784. The number of nitrogens with zero attached hydrogens (tertiary/aromatic N) is 2. The topological polar surface area (TPSA) is 77.0 Å².